The van der Waals surface area contributed by atoms with Crippen molar-refractivity contribution in [3.05, 3.63) is 165 Å². The number of carbonyl (C=O) groups is 8. The number of rotatable bonds is 19. The van der Waals surface area contributed by atoms with Crippen molar-refractivity contribution in [2.24, 2.45) is 28.6 Å². The van der Waals surface area contributed by atoms with Crippen molar-refractivity contribution in [2.45, 2.75) is 115 Å². The van der Waals surface area contributed by atoms with E-state index in [0.29, 0.717) is 45.9 Å². The van der Waals surface area contributed by atoms with Gasteiger partial charge >= 0.3 is 12.1 Å². The second-order valence-electron chi connectivity index (χ2n) is 23.5. The molecule has 0 unspecified atom stereocenters. The van der Waals surface area contributed by atoms with Crippen LogP contribution in [0.1, 0.15) is 110 Å². The van der Waals surface area contributed by atoms with Crippen LogP contribution in [-0.2, 0) is 67.3 Å². The Kier molecular flexibility index (Phi) is 17.2. The maximum Gasteiger partial charge on any atom is 0.413 e. The second-order valence-corrected chi connectivity index (χ2v) is 24.4. The molecule has 0 bridgehead atoms. The van der Waals surface area contributed by atoms with Crippen molar-refractivity contribution in [3.63, 3.8) is 0 Å². The summed E-state index contributed by atoms with van der Waals surface area (Å²) < 4.78 is 18.8. The molecular formula is C66H66N6O14S. The predicted molar refractivity (Wildman–Crippen MR) is 318 cm³/mol. The monoisotopic (exact) mass is 1200 g/mol. The number of carbonyl (C=O) groups excluding carboxylic acids is 7. The Morgan fingerprint density at radius 1 is 0.885 bits per heavy atom. The van der Waals surface area contributed by atoms with Gasteiger partial charge in [-0.2, -0.15) is 0 Å². The summed E-state index contributed by atoms with van der Waals surface area (Å²) in [5, 5.41) is 44.4. The summed E-state index contributed by atoms with van der Waals surface area (Å²) in [4.78, 5) is 110. The fourth-order valence-electron chi connectivity index (χ4n) is 14.1. The number of ether oxygens (including phenoxy) is 3. The molecule has 20 nitrogen and oxygen atoms in total. The third kappa shape index (κ3) is 12.2. The maximum atomic E-state index is 14.0. The van der Waals surface area contributed by atoms with Crippen LogP contribution in [0.2, 0.25) is 0 Å². The number of hydrogen-bond donors (Lipinski definition) is 7. The normalized spacial score (nSPS) is 25.8. The fraction of sp³-hybridized carbons (Fsp3) is 0.379. The van der Waals surface area contributed by atoms with Gasteiger partial charge in [-0.15, -0.1) is 11.3 Å². The Balaban J connectivity index is 0.624. The van der Waals surface area contributed by atoms with E-state index in [1.54, 1.807) is 58.8 Å². The maximum absolute atomic E-state index is 14.0. The Labute approximate surface area is 505 Å². The van der Waals surface area contributed by atoms with Gasteiger partial charge in [0.2, 0.25) is 23.6 Å². The number of carboxylic acids is 1. The number of para-hydroxylation sites is 1. The number of aliphatic hydroxyl groups is 2. The topological polar surface area (TPSA) is 289 Å². The van der Waals surface area contributed by atoms with Crippen LogP contribution in [-0.4, -0.2) is 105 Å². The summed E-state index contributed by atoms with van der Waals surface area (Å²) in [5.74, 6) is 2.42. The molecule has 21 heteroatoms. The number of nitrogens with one attached hydrogen (secondary N) is 4. The summed E-state index contributed by atoms with van der Waals surface area (Å²) in [6.07, 6.45) is 3.83. The largest absolute Gasteiger partial charge is 0.481 e. The number of thiazole rings is 1. The Morgan fingerprint density at radius 2 is 1.62 bits per heavy atom. The molecule has 4 aliphatic carbocycles. The Morgan fingerprint density at radius 3 is 2.39 bits per heavy atom. The number of aromatic nitrogens is 1. The molecule has 4 aromatic carbocycles. The molecule has 10 atom stereocenters. The number of Topliss-reactive ketones (excluding diaryl/α,β-unsaturated/α-hetero) is 1. The number of benzene rings is 4. The SMILES string of the molecule is C[C@]12C=CC(=O)C=C1CC[C@@H]1[C@@H]2[C@@H](O)C[C@@]2(C)[C@H]1C[C@H]1O[C@H](c3ccc(Cc4nc(NC(=O)OCc5ccc(NC(=O)[C@H](CCC(=O)O)NC(=O)CNC(=O)CCC(=O)N6Cc7ccccc7C#Cc7ccccc76)cc5)cs4)cc3)O[C@]12C(=O)CO. The van der Waals surface area contributed by atoms with Gasteiger partial charge in [-0.3, -0.25) is 38.9 Å². The number of aliphatic carboxylic acids is 1. The van der Waals surface area contributed by atoms with Gasteiger partial charge in [0.1, 0.15) is 25.1 Å². The quantitative estimate of drug-likeness (QED) is 0.0402. The number of allylic oxidation sites excluding steroid dienone is 4. The van der Waals surface area contributed by atoms with Crippen LogP contribution in [0.15, 0.2) is 126 Å². The number of carboxylic acid groups (broad SMARTS) is 1. The zero-order valence-electron chi connectivity index (χ0n) is 47.9. The van der Waals surface area contributed by atoms with Crippen molar-refractivity contribution in [2.75, 3.05) is 28.7 Å². The number of ketones is 2. The Hall–Kier alpha value is -8.65. The van der Waals surface area contributed by atoms with E-state index in [0.717, 1.165) is 35.1 Å². The third-order valence-electron chi connectivity index (χ3n) is 18.3. The lowest BCUT2D eigenvalue weighted by molar-refractivity contribution is -0.201. The number of nitrogens with zero attached hydrogens (tertiary/aromatic N) is 2. The summed E-state index contributed by atoms with van der Waals surface area (Å²) in [7, 11) is 0. The van der Waals surface area contributed by atoms with E-state index in [9.17, 15) is 53.7 Å². The van der Waals surface area contributed by atoms with E-state index in [1.807, 2.05) is 73.7 Å². The molecule has 3 heterocycles. The molecule has 87 heavy (non-hydrogen) atoms. The highest BCUT2D eigenvalue weighted by Crippen LogP contribution is 2.70. The average Bonchev–Trinajstić information content (AvgIpc) is 1.60. The molecule has 4 fully saturated rings. The highest BCUT2D eigenvalue weighted by Gasteiger charge is 2.76. The molecule has 1 saturated heterocycles. The molecule has 6 aliphatic rings. The van der Waals surface area contributed by atoms with Crippen LogP contribution in [0.3, 0.4) is 0 Å². The number of fused-ring (bicyclic) bond motifs is 9. The first-order valence-electron chi connectivity index (χ1n) is 29.1. The standard InChI is InChI=1S/C66H66N6O14S/c1-64-28-27-46(74)30-44(64)19-22-47-48-31-53-66(52(76)35-73,65(48,2)32-51(75)60(47)64)86-62(85-53)42-15-11-38(12-16-42)29-57-70-54(37-87-57)71-63(83)84-36-39-13-20-45(21-14-39)68-61(82)49(23-26-59(80)81)69-56(78)33-67-55(77)24-25-58(79)72-34-43-9-4-3-7-40(43)17-18-41-8-5-6-10-50(41)72/h3-16,20-21,27-28,30,37,47-49,51,53,60,62,73,75H,19,22-26,29,31-36H2,1-2H3,(H,67,77)(H,68,82)(H,69,78)(H,71,83)(H,80,81)/t47-,48-,49-,51-,53+,60+,62-,64-,65-,66+/m0/s1. The van der Waals surface area contributed by atoms with Crippen molar-refractivity contribution in [1.29, 1.82) is 0 Å². The fourth-order valence-corrected chi connectivity index (χ4v) is 14.8. The lowest BCUT2D eigenvalue weighted by Crippen LogP contribution is -2.63. The number of aliphatic hydroxyl groups excluding tert-OH is 2. The van der Waals surface area contributed by atoms with Crippen LogP contribution in [0, 0.1) is 40.4 Å². The molecule has 5 amide bonds. The Bertz CT molecular complexity index is 3680. The summed E-state index contributed by atoms with van der Waals surface area (Å²) in [5.41, 5.74) is 3.68. The van der Waals surface area contributed by atoms with Crippen LogP contribution in [0.4, 0.5) is 22.0 Å². The third-order valence-corrected chi connectivity index (χ3v) is 19.1. The molecule has 3 saturated carbocycles. The number of amides is 5. The van der Waals surface area contributed by atoms with E-state index in [4.69, 9.17) is 14.2 Å². The summed E-state index contributed by atoms with van der Waals surface area (Å²) >= 11 is 1.34. The minimum absolute atomic E-state index is 0.0282. The van der Waals surface area contributed by atoms with Crippen LogP contribution >= 0.6 is 11.3 Å². The van der Waals surface area contributed by atoms with Gasteiger partial charge in [0, 0.05) is 70.2 Å². The van der Waals surface area contributed by atoms with Crippen LogP contribution in [0.25, 0.3) is 0 Å². The van der Waals surface area contributed by atoms with E-state index in [1.165, 1.54) is 11.3 Å². The first kappa shape index (κ1) is 60.1. The zero-order valence-corrected chi connectivity index (χ0v) is 48.7. The van der Waals surface area contributed by atoms with Gasteiger partial charge < -0.3 is 50.4 Å². The van der Waals surface area contributed by atoms with Crippen molar-refractivity contribution in [1.82, 2.24) is 15.6 Å². The minimum atomic E-state index is -1.47. The minimum Gasteiger partial charge on any atom is -0.481 e. The molecule has 2 aliphatic heterocycles. The number of hydrogen-bond acceptors (Lipinski definition) is 15. The first-order chi connectivity index (χ1) is 41.8. The average molecular weight is 1200 g/mol. The van der Waals surface area contributed by atoms with Gasteiger partial charge in [-0.05, 0) is 103 Å². The molecule has 450 valence electrons. The van der Waals surface area contributed by atoms with Crippen LogP contribution < -0.4 is 26.2 Å². The molecular weight excluding hydrogens is 1130 g/mol. The van der Waals surface area contributed by atoms with Gasteiger partial charge in [0.05, 0.1) is 36.0 Å². The molecule has 0 radical (unpaired) electrons. The molecule has 0 spiro atoms. The molecule has 7 N–H and O–H groups in total. The summed E-state index contributed by atoms with van der Waals surface area (Å²) in [6, 6.07) is 27.4. The van der Waals surface area contributed by atoms with Gasteiger partial charge in [0.25, 0.3) is 0 Å². The van der Waals surface area contributed by atoms with Gasteiger partial charge in [0.15, 0.2) is 23.5 Å². The highest BCUT2D eigenvalue weighted by atomic mass is 32.1. The van der Waals surface area contributed by atoms with Gasteiger partial charge in [-0.25, -0.2) is 9.78 Å². The van der Waals surface area contributed by atoms with E-state index in [-0.39, 0.29) is 74.1 Å². The number of anilines is 3. The van der Waals surface area contributed by atoms with Gasteiger partial charge in [-0.1, -0.05) is 104 Å². The first-order valence-corrected chi connectivity index (χ1v) is 30.0. The lowest BCUT2D eigenvalue weighted by Gasteiger charge is -2.59. The molecule has 5 aromatic rings. The second kappa shape index (κ2) is 25.0. The van der Waals surface area contributed by atoms with Crippen LogP contribution in [0.5, 0.6) is 0 Å². The summed E-state index contributed by atoms with van der Waals surface area (Å²) in [6.45, 7) is 2.96. The smallest absolute Gasteiger partial charge is 0.413 e. The van der Waals surface area contributed by atoms with E-state index in [2.05, 4.69) is 45.0 Å². The van der Waals surface area contributed by atoms with E-state index < -0.39 is 96.1 Å². The predicted octanol–water partition coefficient (Wildman–Crippen LogP) is 7.22. The lowest BCUT2D eigenvalue weighted by atomic mass is 9.46. The van der Waals surface area contributed by atoms with E-state index >= 15 is 0 Å². The molecule has 11 rings (SSSR count). The zero-order chi connectivity index (χ0) is 61.2. The van der Waals surface area contributed by atoms with Crippen molar-refractivity contribution >= 4 is 75.8 Å². The van der Waals surface area contributed by atoms with Crippen molar-refractivity contribution in [3.8, 4) is 11.8 Å². The molecule has 1 aromatic heterocycles. The highest BCUT2D eigenvalue weighted by molar-refractivity contribution is 7.10. The van der Waals surface area contributed by atoms with Crippen molar-refractivity contribution < 1.29 is 67.9 Å².